The van der Waals surface area contributed by atoms with Crippen LogP contribution in [0.3, 0.4) is 0 Å². The predicted octanol–water partition coefficient (Wildman–Crippen LogP) is 4.60. The van der Waals surface area contributed by atoms with Crippen molar-refractivity contribution in [1.82, 2.24) is 5.43 Å². The summed E-state index contributed by atoms with van der Waals surface area (Å²) in [5.41, 5.74) is 7.80. The van der Waals surface area contributed by atoms with Crippen molar-refractivity contribution in [3.05, 3.63) is 64.7 Å². The van der Waals surface area contributed by atoms with E-state index in [1.165, 1.54) is 5.56 Å². The summed E-state index contributed by atoms with van der Waals surface area (Å²) >= 11 is 0. The molecule has 0 bridgehead atoms. The van der Waals surface area contributed by atoms with Gasteiger partial charge in [0.1, 0.15) is 5.75 Å². The van der Waals surface area contributed by atoms with E-state index in [9.17, 15) is 4.79 Å². The van der Waals surface area contributed by atoms with Gasteiger partial charge in [-0.1, -0.05) is 57.2 Å². The molecule has 26 heavy (non-hydrogen) atoms. The first-order valence-electron chi connectivity index (χ1n) is 9.06. The second kappa shape index (κ2) is 9.18. The SMILES string of the molecule is CCc1ccc(/C(C)=N/NC(=O)COc2cc(C)ccc2C(C)C)cc1. The number of benzene rings is 2. The molecule has 0 unspecified atom stereocenters. The molecule has 0 heterocycles. The quantitative estimate of drug-likeness (QED) is 0.585. The Morgan fingerprint density at radius 3 is 2.46 bits per heavy atom. The molecule has 138 valence electrons. The minimum absolute atomic E-state index is 0.0608. The maximum Gasteiger partial charge on any atom is 0.277 e. The van der Waals surface area contributed by atoms with Crippen LogP contribution in [0, 0.1) is 6.92 Å². The minimum atomic E-state index is -0.272. The topological polar surface area (TPSA) is 50.7 Å². The summed E-state index contributed by atoms with van der Waals surface area (Å²) in [6.07, 6.45) is 1.00. The fourth-order valence-electron chi connectivity index (χ4n) is 2.61. The van der Waals surface area contributed by atoms with Gasteiger partial charge in [-0.05, 0) is 54.5 Å². The van der Waals surface area contributed by atoms with Gasteiger partial charge in [0.15, 0.2) is 6.61 Å². The van der Waals surface area contributed by atoms with Gasteiger partial charge in [0, 0.05) is 0 Å². The van der Waals surface area contributed by atoms with Gasteiger partial charge < -0.3 is 4.74 Å². The highest BCUT2D eigenvalue weighted by atomic mass is 16.5. The zero-order valence-electron chi connectivity index (χ0n) is 16.3. The van der Waals surface area contributed by atoms with E-state index in [2.05, 4.69) is 55.6 Å². The first-order valence-corrected chi connectivity index (χ1v) is 9.06. The van der Waals surface area contributed by atoms with Crippen LogP contribution in [-0.2, 0) is 11.2 Å². The smallest absolute Gasteiger partial charge is 0.277 e. The number of nitrogens with zero attached hydrogens (tertiary/aromatic N) is 1. The van der Waals surface area contributed by atoms with E-state index >= 15 is 0 Å². The van der Waals surface area contributed by atoms with Crippen molar-refractivity contribution in [2.75, 3.05) is 6.61 Å². The number of hydrogen-bond acceptors (Lipinski definition) is 3. The Hall–Kier alpha value is -2.62. The molecule has 0 spiro atoms. The molecule has 0 radical (unpaired) electrons. The molecule has 0 aliphatic heterocycles. The zero-order valence-corrected chi connectivity index (χ0v) is 16.3. The highest BCUT2D eigenvalue weighted by molar-refractivity contribution is 5.99. The molecule has 0 saturated heterocycles. The third kappa shape index (κ3) is 5.45. The number of carbonyl (C=O) groups excluding carboxylic acids is 1. The molecule has 0 aliphatic carbocycles. The van der Waals surface area contributed by atoms with Crippen LogP contribution in [0.4, 0.5) is 0 Å². The van der Waals surface area contributed by atoms with Crippen LogP contribution in [0.2, 0.25) is 0 Å². The number of hydrazone groups is 1. The van der Waals surface area contributed by atoms with Gasteiger partial charge in [0.2, 0.25) is 0 Å². The Balaban J connectivity index is 1.95. The molecule has 2 rings (SSSR count). The van der Waals surface area contributed by atoms with Crippen molar-refractivity contribution in [2.24, 2.45) is 5.10 Å². The van der Waals surface area contributed by atoms with Crippen molar-refractivity contribution >= 4 is 11.6 Å². The average molecular weight is 352 g/mol. The Labute approximate surface area is 156 Å². The summed E-state index contributed by atoms with van der Waals surface area (Å²) in [6.45, 7) is 10.2. The molecular weight excluding hydrogens is 324 g/mol. The van der Waals surface area contributed by atoms with Crippen LogP contribution in [0.1, 0.15) is 55.9 Å². The lowest BCUT2D eigenvalue weighted by atomic mass is 10.0. The molecule has 1 amide bonds. The van der Waals surface area contributed by atoms with Crippen LogP contribution < -0.4 is 10.2 Å². The van der Waals surface area contributed by atoms with Gasteiger partial charge in [0.05, 0.1) is 5.71 Å². The number of ether oxygens (including phenoxy) is 1. The van der Waals surface area contributed by atoms with E-state index in [-0.39, 0.29) is 12.5 Å². The van der Waals surface area contributed by atoms with Crippen LogP contribution in [0.15, 0.2) is 47.6 Å². The number of aryl methyl sites for hydroxylation is 2. The molecule has 0 atom stereocenters. The van der Waals surface area contributed by atoms with Gasteiger partial charge in [-0.2, -0.15) is 5.10 Å². The van der Waals surface area contributed by atoms with Gasteiger partial charge in [-0.3, -0.25) is 4.79 Å². The molecule has 4 heteroatoms. The first kappa shape index (κ1) is 19.7. The lowest BCUT2D eigenvalue weighted by Gasteiger charge is -2.14. The second-order valence-corrected chi connectivity index (χ2v) is 6.77. The first-order chi connectivity index (χ1) is 12.4. The van der Waals surface area contributed by atoms with E-state index in [0.717, 1.165) is 34.6 Å². The monoisotopic (exact) mass is 352 g/mol. The van der Waals surface area contributed by atoms with Gasteiger partial charge >= 0.3 is 0 Å². The summed E-state index contributed by atoms with van der Waals surface area (Å²) < 4.78 is 5.73. The molecule has 1 N–H and O–H groups in total. The Morgan fingerprint density at radius 2 is 1.85 bits per heavy atom. The fraction of sp³-hybridized carbons (Fsp3) is 0.364. The summed E-state index contributed by atoms with van der Waals surface area (Å²) in [7, 11) is 0. The van der Waals surface area contributed by atoms with Gasteiger partial charge in [0.25, 0.3) is 5.91 Å². The zero-order chi connectivity index (χ0) is 19.1. The maximum atomic E-state index is 12.1. The average Bonchev–Trinajstić information content (AvgIpc) is 2.64. The lowest BCUT2D eigenvalue weighted by molar-refractivity contribution is -0.123. The van der Waals surface area contributed by atoms with E-state index in [1.807, 2.05) is 32.0 Å². The van der Waals surface area contributed by atoms with E-state index < -0.39 is 0 Å². The fourth-order valence-corrected chi connectivity index (χ4v) is 2.61. The molecule has 0 saturated carbocycles. The second-order valence-electron chi connectivity index (χ2n) is 6.77. The number of nitrogens with one attached hydrogen (secondary N) is 1. The molecule has 2 aromatic rings. The molecular formula is C22H28N2O2. The highest BCUT2D eigenvalue weighted by Crippen LogP contribution is 2.27. The summed E-state index contributed by atoms with van der Waals surface area (Å²) in [6, 6.07) is 14.3. The summed E-state index contributed by atoms with van der Waals surface area (Å²) in [5.74, 6) is 0.816. The standard InChI is InChI=1S/C22H28N2O2/c1-6-18-8-10-19(11-9-18)17(5)23-24-22(25)14-26-21-13-16(4)7-12-20(21)15(2)3/h7-13,15H,6,14H2,1-5H3,(H,24,25)/b23-17+. The van der Waals surface area contributed by atoms with Crippen LogP contribution in [-0.4, -0.2) is 18.2 Å². The van der Waals surface area contributed by atoms with Crippen molar-refractivity contribution < 1.29 is 9.53 Å². The molecule has 0 fully saturated rings. The number of hydrogen-bond donors (Lipinski definition) is 1. The predicted molar refractivity (Wildman–Crippen MR) is 107 cm³/mol. The third-order valence-corrected chi connectivity index (χ3v) is 4.28. The third-order valence-electron chi connectivity index (χ3n) is 4.28. The maximum absolute atomic E-state index is 12.1. The normalized spacial score (nSPS) is 11.5. The van der Waals surface area contributed by atoms with Crippen molar-refractivity contribution in [3.63, 3.8) is 0 Å². The Bertz CT molecular complexity index is 777. The summed E-state index contributed by atoms with van der Waals surface area (Å²) in [4.78, 5) is 12.1. The molecule has 4 nitrogen and oxygen atoms in total. The molecule has 2 aromatic carbocycles. The Kier molecular flexibility index (Phi) is 6.96. The van der Waals surface area contributed by atoms with Crippen molar-refractivity contribution in [1.29, 1.82) is 0 Å². The molecule has 0 aliphatic rings. The van der Waals surface area contributed by atoms with Crippen LogP contribution in [0.5, 0.6) is 5.75 Å². The highest BCUT2D eigenvalue weighted by Gasteiger charge is 2.10. The van der Waals surface area contributed by atoms with E-state index in [1.54, 1.807) is 0 Å². The Morgan fingerprint density at radius 1 is 1.15 bits per heavy atom. The van der Waals surface area contributed by atoms with Crippen LogP contribution in [0.25, 0.3) is 0 Å². The van der Waals surface area contributed by atoms with E-state index in [0.29, 0.717) is 5.92 Å². The number of amides is 1. The van der Waals surface area contributed by atoms with Gasteiger partial charge in [-0.15, -0.1) is 0 Å². The number of rotatable bonds is 7. The summed E-state index contributed by atoms with van der Waals surface area (Å²) in [5, 5.41) is 4.17. The van der Waals surface area contributed by atoms with Crippen molar-refractivity contribution in [2.45, 2.75) is 47.0 Å². The van der Waals surface area contributed by atoms with E-state index in [4.69, 9.17) is 4.74 Å². The largest absolute Gasteiger partial charge is 0.483 e. The minimum Gasteiger partial charge on any atom is -0.483 e. The van der Waals surface area contributed by atoms with Crippen molar-refractivity contribution in [3.8, 4) is 5.75 Å². The lowest BCUT2D eigenvalue weighted by Crippen LogP contribution is -2.26. The number of carbonyl (C=O) groups is 1. The van der Waals surface area contributed by atoms with Crippen LogP contribution >= 0.6 is 0 Å². The molecule has 0 aromatic heterocycles. The van der Waals surface area contributed by atoms with Gasteiger partial charge in [-0.25, -0.2) is 5.43 Å².